The molecule has 4 rings (SSSR count). The lowest BCUT2D eigenvalue weighted by molar-refractivity contribution is -0.282. The van der Waals surface area contributed by atoms with Crippen molar-refractivity contribution in [3.63, 3.8) is 0 Å². The quantitative estimate of drug-likeness (QED) is 0.0303. The molecule has 0 saturated carbocycles. The van der Waals surface area contributed by atoms with E-state index in [0.29, 0.717) is 129 Å². The molecule has 4 fully saturated rings. The van der Waals surface area contributed by atoms with E-state index in [4.69, 9.17) is 47.2 Å². The Labute approximate surface area is 685 Å². The molecule has 17 atom stereocenters. The first kappa shape index (κ1) is 105. The van der Waals surface area contributed by atoms with E-state index in [1.807, 2.05) is 0 Å². The third-order valence-corrected chi connectivity index (χ3v) is 23.1. The molecule has 0 aromatic heterocycles. The molecule has 14 N–H and O–H groups in total. The second kappa shape index (κ2) is 59.9. The first-order chi connectivity index (χ1) is 55.6. The van der Waals surface area contributed by atoms with Gasteiger partial charge in [-0.1, -0.05) is 72.1 Å². The van der Waals surface area contributed by atoms with E-state index in [1.165, 1.54) is 4.90 Å². The fourth-order valence-electron chi connectivity index (χ4n) is 14.6. The van der Waals surface area contributed by atoms with Crippen molar-refractivity contribution in [1.29, 1.82) is 0 Å². The lowest BCUT2D eigenvalue weighted by Crippen LogP contribution is -2.55. The summed E-state index contributed by atoms with van der Waals surface area (Å²) in [6.45, 7) is 4.61. The number of aliphatic hydroxyl groups is 10. The predicted molar refractivity (Wildman–Crippen MR) is 422 cm³/mol. The normalized spacial score (nSPS) is 26.2. The van der Waals surface area contributed by atoms with Crippen molar-refractivity contribution < 1.29 is 151 Å². The number of carbonyl (C=O) groups is 8. The number of hydrogen-bond donors (Lipinski definition) is 14. The van der Waals surface area contributed by atoms with E-state index in [1.54, 1.807) is 20.8 Å². The number of amides is 3. The SMILES string of the molecule is CO[P+](O)(O)O[C@@H]1C[C@@H](CO)N(C(=O)CCCCCCCCCCC(=O)CC(COCCC(=O)CCCCCC(=O)CCCCOC2OC(CO)C(O)C(O)C2C)(COCCC(=O)CCCCCC(=O)CCCCOC2OC(CO)C(O)C(O)C2C)COCCC(=O)NCCCNC(=O)CCCCOC2OC(CO)C(O)C(O)C2C)C1. The molecule has 4 aliphatic rings. The van der Waals surface area contributed by atoms with Crippen LogP contribution in [0.3, 0.4) is 0 Å². The van der Waals surface area contributed by atoms with Crippen LogP contribution in [0, 0.1) is 23.2 Å². The molecule has 0 radical (unpaired) electrons. The molecule has 0 spiro atoms. The maximum atomic E-state index is 14.2. The van der Waals surface area contributed by atoms with Crippen LogP contribution in [0.15, 0.2) is 0 Å². The molecule has 0 aliphatic carbocycles. The highest BCUT2D eigenvalue weighted by molar-refractivity contribution is 7.54. The van der Waals surface area contributed by atoms with Crippen LogP contribution in [-0.2, 0) is 90.0 Å². The van der Waals surface area contributed by atoms with E-state index in [-0.39, 0.29) is 190 Å². The summed E-state index contributed by atoms with van der Waals surface area (Å²) >= 11 is 0. The Bertz CT molecular complexity index is 2530. The Balaban J connectivity index is 1.28. The van der Waals surface area contributed by atoms with Crippen LogP contribution >= 0.6 is 8.17 Å². The predicted octanol–water partition coefficient (Wildman–Crippen LogP) is 3.93. The lowest BCUT2D eigenvalue weighted by Gasteiger charge is -2.40. The molecule has 0 bridgehead atoms. The number of likely N-dealkylation sites (tertiary alicyclic amines) is 1. The van der Waals surface area contributed by atoms with Crippen molar-refractivity contribution in [1.82, 2.24) is 15.5 Å². The largest absolute Gasteiger partial charge is 0.570 e. The summed E-state index contributed by atoms with van der Waals surface area (Å²) in [7, 11) is -2.90. The molecule has 34 nitrogen and oxygen atoms in total. The average Bonchev–Trinajstić information content (AvgIpc) is 0.944. The number of hydrogen-bond acceptors (Lipinski definition) is 31. The minimum Gasteiger partial charge on any atom is -0.394 e. The topological polar surface area (TPSA) is 508 Å². The first-order valence-electron chi connectivity index (χ1n) is 42.7. The van der Waals surface area contributed by atoms with Gasteiger partial charge in [-0.05, 0) is 83.5 Å². The number of carbonyl (C=O) groups excluding carboxylic acids is 8. The van der Waals surface area contributed by atoms with E-state index in [9.17, 15) is 99.2 Å². The molecule has 4 saturated heterocycles. The zero-order chi connectivity index (χ0) is 85.3. The summed E-state index contributed by atoms with van der Waals surface area (Å²) in [6.07, 6.45) is 3.85. The van der Waals surface area contributed by atoms with E-state index < -0.39 is 137 Å². The summed E-state index contributed by atoms with van der Waals surface area (Å²) in [5, 5.41) is 105. The molecule has 0 aromatic rings. The maximum absolute atomic E-state index is 14.2. The van der Waals surface area contributed by atoms with Crippen molar-refractivity contribution in [2.24, 2.45) is 23.2 Å². The van der Waals surface area contributed by atoms with Gasteiger partial charge in [-0.15, -0.1) is 4.52 Å². The minimum atomic E-state index is -4.02. The third kappa shape index (κ3) is 41.4. The molecule has 674 valence electrons. The molecule has 0 aromatic carbocycles. The van der Waals surface area contributed by atoms with Gasteiger partial charge in [0.25, 0.3) is 0 Å². The van der Waals surface area contributed by atoms with Crippen LogP contribution in [-0.4, -0.2) is 311 Å². The van der Waals surface area contributed by atoms with Crippen molar-refractivity contribution in [3.05, 3.63) is 0 Å². The van der Waals surface area contributed by atoms with Crippen LogP contribution in [0.2, 0.25) is 0 Å². The van der Waals surface area contributed by atoms with Crippen molar-refractivity contribution in [2.45, 2.75) is 331 Å². The van der Waals surface area contributed by atoms with Crippen molar-refractivity contribution in [3.8, 4) is 0 Å². The number of ether oxygens (including phenoxy) is 9. The Morgan fingerprint density at radius 3 is 1.10 bits per heavy atom. The summed E-state index contributed by atoms with van der Waals surface area (Å²) in [5.41, 5.74) is -1.11. The van der Waals surface area contributed by atoms with Crippen LogP contribution in [0.1, 0.15) is 245 Å². The fraction of sp³-hybridized carbons (Fsp3) is 0.901. The van der Waals surface area contributed by atoms with Gasteiger partial charge in [0, 0.05) is 146 Å². The standard InChI is InChI=1S/C81H144N3O31P/c1-56-72(97)75(100)66(50-86)112-78(56)109-40-22-19-30-60(89)26-14-11-16-28-62(91)35-43-106-53-81(47-64(93)32-13-9-7-5-6-8-10-18-34-71(96)84-48-65(46-59(84)49-85)115-116(103,104)105-4,54-107-44-36-63(92)29-17-12-15-27-61(90)31-20-23-41-110-79-57(2)73(98)76(101)67(51-87)113-79)55-108-45-37-70(95)83-39-25-38-82-69(94)33-21-24-42-111-80-58(3)74(99)77(102)68(52-88)114-80/h56-59,65-68,72-80,85-88,97-104H,5-55H2,1-4H3,(H-,82,83,94,95)/p+1/t56?,57?,58?,59-,65+,66?,67?,68?,72?,73?,74?,75?,76?,77?,78?,79?,80?,81?/m0/s1. The minimum absolute atomic E-state index is 0.0247. The molecule has 116 heavy (non-hydrogen) atoms. The molecule has 35 heteroatoms. The van der Waals surface area contributed by atoms with E-state index in [2.05, 4.69) is 15.2 Å². The molecule has 4 heterocycles. The van der Waals surface area contributed by atoms with Gasteiger partial charge in [0.2, 0.25) is 17.7 Å². The van der Waals surface area contributed by atoms with Crippen molar-refractivity contribution in [2.75, 3.05) is 113 Å². The Morgan fingerprint density at radius 1 is 0.397 bits per heavy atom. The van der Waals surface area contributed by atoms with Gasteiger partial charge in [-0.2, -0.15) is 14.3 Å². The summed E-state index contributed by atoms with van der Waals surface area (Å²) < 4.78 is 62.7. The number of ketones is 5. The smallest absolute Gasteiger partial charge is 0.394 e. The molecule has 15 unspecified atom stereocenters. The van der Waals surface area contributed by atoms with E-state index in [0.717, 1.165) is 45.6 Å². The van der Waals surface area contributed by atoms with Gasteiger partial charge in [-0.25, -0.2) is 0 Å². The second-order valence-electron chi connectivity index (χ2n) is 32.0. The number of nitrogens with zero attached hydrogens (tertiary/aromatic N) is 1. The summed E-state index contributed by atoms with van der Waals surface area (Å²) in [5.74, 6) is -2.19. The molecular weight excluding hydrogens is 1540 g/mol. The number of unbranched alkanes of at least 4 members (excludes halogenated alkanes) is 14. The highest BCUT2D eigenvalue weighted by atomic mass is 31.2. The van der Waals surface area contributed by atoms with Crippen LogP contribution < -0.4 is 10.6 Å². The van der Waals surface area contributed by atoms with Gasteiger partial charge in [-0.3, -0.25) is 38.4 Å². The van der Waals surface area contributed by atoms with Crippen LogP contribution in [0.4, 0.5) is 0 Å². The Kier molecular flexibility index (Phi) is 54.0. The van der Waals surface area contributed by atoms with E-state index >= 15 is 0 Å². The van der Waals surface area contributed by atoms with Crippen LogP contribution in [0.25, 0.3) is 0 Å². The maximum Gasteiger partial charge on any atom is 0.570 e. The Hall–Kier alpha value is -3.73. The summed E-state index contributed by atoms with van der Waals surface area (Å²) in [4.78, 5) is 126. The highest BCUT2D eigenvalue weighted by Gasteiger charge is 2.48. The number of nitrogens with one attached hydrogen (secondary N) is 2. The zero-order valence-corrected chi connectivity index (χ0v) is 70.3. The average molecular weight is 1690 g/mol. The zero-order valence-electron chi connectivity index (χ0n) is 69.4. The number of Topliss-reactive ketones (excluding diaryl/α,β-unsaturated/α-hetero) is 5. The molecule has 3 amide bonds. The van der Waals surface area contributed by atoms with Gasteiger partial charge >= 0.3 is 8.17 Å². The van der Waals surface area contributed by atoms with Crippen molar-refractivity contribution >= 4 is 54.8 Å². The molecule has 4 aliphatic heterocycles. The molecular formula is C81H145N3O31P+. The van der Waals surface area contributed by atoms with Gasteiger partial charge in [0.15, 0.2) is 18.9 Å². The van der Waals surface area contributed by atoms with Gasteiger partial charge in [0.1, 0.15) is 71.6 Å². The fourth-order valence-corrected chi connectivity index (χ4v) is 15.2. The number of aliphatic hydroxyl groups excluding tert-OH is 10. The second-order valence-corrected chi connectivity index (χ2v) is 33.5. The Morgan fingerprint density at radius 2 is 0.724 bits per heavy atom. The highest BCUT2D eigenvalue weighted by Crippen LogP contribution is 2.53. The van der Waals surface area contributed by atoms with Gasteiger partial charge in [0.05, 0.1) is 104 Å². The monoisotopic (exact) mass is 1690 g/mol. The van der Waals surface area contributed by atoms with Crippen LogP contribution in [0.5, 0.6) is 0 Å². The lowest BCUT2D eigenvalue weighted by atomic mass is 9.83. The summed E-state index contributed by atoms with van der Waals surface area (Å²) in [6, 6.07) is -0.495. The first-order valence-corrected chi connectivity index (χ1v) is 44.2. The van der Waals surface area contributed by atoms with Gasteiger partial charge < -0.3 is 109 Å². The number of rotatable bonds is 69. The third-order valence-electron chi connectivity index (χ3n) is 22.1.